The Balaban J connectivity index is 1.40. The number of aromatic nitrogens is 6. The third-order valence-corrected chi connectivity index (χ3v) is 4.07. The van der Waals surface area contributed by atoms with E-state index in [0.29, 0.717) is 56.1 Å². The van der Waals surface area contributed by atoms with E-state index in [2.05, 4.69) is 30.6 Å². The fourth-order valence-electron chi connectivity index (χ4n) is 2.80. The number of hydrogen-bond acceptors (Lipinski definition) is 10. The Morgan fingerprint density at radius 2 is 2.35 bits per heavy atom. The molecule has 0 saturated carbocycles. The zero-order valence-electron chi connectivity index (χ0n) is 14.3. The second kappa shape index (κ2) is 7.72. The van der Waals surface area contributed by atoms with Crippen LogP contribution in [-0.4, -0.2) is 68.7 Å². The van der Waals surface area contributed by atoms with E-state index in [0.717, 1.165) is 6.54 Å². The number of methoxy groups -OCH3 is 1. The summed E-state index contributed by atoms with van der Waals surface area (Å²) >= 11 is 0. The number of hydrogen-bond donors (Lipinski definition) is 0. The minimum Gasteiger partial charge on any atom is -0.461 e. The minimum atomic E-state index is -0.219. The van der Waals surface area contributed by atoms with Crippen molar-refractivity contribution in [3.8, 4) is 11.6 Å². The van der Waals surface area contributed by atoms with Gasteiger partial charge in [-0.1, -0.05) is 5.16 Å². The summed E-state index contributed by atoms with van der Waals surface area (Å²) in [6.45, 7) is 3.59. The summed E-state index contributed by atoms with van der Waals surface area (Å²) in [5.74, 6) is 2.24. The van der Waals surface area contributed by atoms with Gasteiger partial charge in [0.25, 0.3) is 0 Å². The summed E-state index contributed by atoms with van der Waals surface area (Å²) in [4.78, 5) is 6.55. The zero-order valence-corrected chi connectivity index (χ0v) is 14.3. The van der Waals surface area contributed by atoms with Crippen molar-refractivity contribution in [1.29, 1.82) is 0 Å². The van der Waals surface area contributed by atoms with E-state index in [-0.39, 0.29) is 6.10 Å². The lowest BCUT2D eigenvalue weighted by molar-refractivity contribution is -0.0421. The van der Waals surface area contributed by atoms with Gasteiger partial charge in [0, 0.05) is 20.2 Å². The predicted molar refractivity (Wildman–Crippen MR) is 85.7 cm³/mol. The van der Waals surface area contributed by atoms with Gasteiger partial charge in [-0.15, -0.1) is 5.10 Å². The van der Waals surface area contributed by atoms with Crippen LogP contribution >= 0.6 is 0 Å². The van der Waals surface area contributed by atoms with Gasteiger partial charge in [-0.05, 0) is 22.6 Å². The maximum absolute atomic E-state index is 5.85. The first kappa shape index (κ1) is 16.8. The summed E-state index contributed by atoms with van der Waals surface area (Å²) in [6, 6.07) is 3.57. The Morgan fingerprint density at radius 1 is 1.38 bits per heavy atom. The molecule has 0 aliphatic carbocycles. The molecule has 1 saturated heterocycles. The number of nitrogens with zero attached hydrogens (tertiary/aromatic N) is 7. The fourth-order valence-corrected chi connectivity index (χ4v) is 2.80. The molecule has 4 rings (SSSR count). The molecule has 0 bridgehead atoms. The van der Waals surface area contributed by atoms with Gasteiger partial charge in [-0.2, -0.15) is 4.98 Å². The molecule has 0 amide bonds. The molecule has 0 spiro atoms. The Labute approximate surface area is 148 Å². The van der Waals surface area contributed by atoms with Crippen molar-refractivity contribution in [3.63, 3.8) is 0 Å². The number of ether oxygens (including phenoxy) is 2. The second-order valence-electron chi connectivity index (χ2n) is 5.84. The minimum absolute atomic E-state index is 0.219. The van der Waals surface area contributed by atoms with E-state index in [1.165, 1.54) is 0 Å². The van der Waals surface area contributed by atoms with Crippen molar-refractivity contribution in [2.24, 2.45) is 0 Å². The van der Waals surface area contributed by atoms with Crippen LogP contribution in [-0.2, 0) is 22.6 Å². The Kier molecular flexibility index (Phi) is 5.00. The quantitative estimate of drug-likeness (QED) is 0.590. The lowest BCUT2D eigenvalue weighted by Crippen LogP contribution is -2.39. The summed E-state index contributed by atoms with van der Waals surface area (Å²) in [6.07, 6.45) is 1.36. The lowest BCUT2D eigenvalue weighted by Gasteiger charge is -2.31. The maximum Gasteiger partial charge on any atom is 0.241 e. The average molecular weight is 361 g/mol. The van der Waals surface area contributed by atoms with E-state index in [1.807, 2.05) is 0 Å². The van der Waals surface area contributed by atoms with E-state index >= 15 is 0 Å². The number of tetrazole rings is 1. The Morgan fingerprint density at radius 3 is 3.19 bits per heavy atom. The van der Waals surface area contributed by atoms with Crippen LogP contribution in [0.25, 0.3) is 11.6 Å². The average Bonchev–Trinajstić information content (AvgIpc) is 3.41. The van der Waals surface area contributed by atoms with Gasteiger partial charge >= 0.3 is 0 Å². The molecule has 26 heavy (non-hydrogen) atoms. The molecule has 3 aromatic rings. The second-order valence-corrected chi connectivity index (χ2v) is 5.84. The summed E-state index contributed by atoms with van der Waals surface area (Å²) < 4.78 is 23.3. The molecule has 0 radical (unpaired) electrons. The van der Waals surface area contributed by atoms with Crippen LogP contribution < -0.4 is 0 Å². The highest BCUT2D eigenvalue weighted by Crippen LogP contribution is 2.22. The monoisotopic (exact) mass is 361 g/mol. The van der Waals surface area contributed by atoms with Gasteiger partial charge in [0.2, 0.25) is 11.7 Å². The first-order valence-corrected chi connectivity index (χ1v) is 8.29. The molecule has 1 aliphatic rings. The summed E-state index contributed by atoms with van der Waals surface area (Å²) in [5, 5.41) is 15.8. The zero-order chi connectivity index (χ0) is 17.8. The first-order valence-electron chi connectivity index (χ1n) is 8.29. The number of rotatable bonds is 7. The normalized spacial score (nSPS) is 18.4. The maximum atomic E-state index is 5.85. The van der Waals surface area contributed by atoms with Crippen molar-refractivity contribution >= 4 is 0 Å². The highest BCUT2D eigenvalue weighted by molar-refractivity contribution is 5.44. The summed E-state index contributed by atoms with van der Waals surface area (Å²) in [7, 11) is 1.64. The molecule has 0 aromatic carbocycles. The SMILES string of the molecule is COCCn1nnnc1[C@H]1CN(Cc2nc(-c3ccco3)no2)CCO1. The van der Waals surface area contributed by atoms with Gasteiger partial charge in [0.1, 0.15) is 6.10 Å². The third-order valence-electron chi connectivity index (χ3n) is 4.07. The molecule has 1 fully saturated rings. The van der Waals surface area contributed by atoms with Gasteiger partial charge in [0.05, 0.1) is 32.6 Å². The van der Waals surface area contributed by atoms with Gasteiger partial charge < -0.3 is 18.4 Å². The largest absolute Gasteiger partial charge is 0.461 e. The highest BCUT2D eigenvalue weighted by atomic mass is 16.5. The molecule has 0 N–H and O–H groups in total. The van der Waals surface area contributed by atoms with E-state index in [9.17, 15) is 0 Å². The first-order chi connectivity index (χ1) is 12.8. The molecular formula is C15H19N7O4. The smallest absolute Gasteiger partial charge is 0.241 e. The number of morpholine rings is 1. The van der Waals surface area contributed by atoms with Crippen molar-refractivity contribution in [3.05, 3.63) is 30.1 Å². The summed E-state index contributed by atoms with van der Waals surface area (Å²) in [5.41, 5.74) is 0. The lowest BCUT2D eigenvalue weighted by atomic mass is 10.2. The molecule has 0 unspecified atom stereocenters. The fraction of sp³-hybridized carbons (Fsp3) is 0.533. The molecular weight excluding hydrogens is 342 g/mol. The van der Waals surface area contributed by atoms with Crippen LogP contribution in [0.4, 0.5) is 0 Å². The molecule has 1 aliphatic heterocycles. The van der Waals surface area contributed by atoms with Crippen molar-refractivity contribution in [2.75, 3.05) is 33.4 Å². The van der Waals surface area contributed by atoms with E-state index < -0.39 is 0 Å². The third kappa shape index (κ3) is 3.64. The predicted octanol–water partition coefficient (Wildman–Crippen LogP) is 0.536. The van der Waals surface area contributed by atoms with Crippen LogP contribution in [0.3, 0.4) is 0 Å². The Bertz CT molecular complexity index is 816. The van der Waals surface area contributed by atoms with E-state index in [1.54, 1.807) is 30.2 Å². The van der Waals surface area contributed by atoms with Gasteiger partial charge in [-0.3, -0.25) is 4.90 Å². The van der Waals surface area contributed by atoms with Crippen LogP contribution in [0.1, 0.15) is 17.8 Å². The van der Waals surface area contributed by atoms with Crippen LogP contribution in [0.5, 0.6) is 0 Å². The number of furan rings is 1. The van der Waals surface area contributed by atoms with Gasteiger partial charge in [0.15, 0.2) is 11.6 Å². The molecule has 3 aromatic heterocycles. The molecule has 11 nitrogen and oxygen atoms in total. The van der Waals surface area contributed by atoms with Crippen LogP contribution in [0.15, 0.2) is 27.3 Å². The van der Waals surface area contributed by atoms with Crippen LogP contribution in [0, 0.1) is 0 Å². The standard InChI is InChI=1S/C15H19N7O4/c1-23-7-5-22-15(17-19-20-22)12-9-21(4-8-25-12)10-13-16-14(18-26-13)11-3-2-6-24-11/h2-3,6,12H,4-5,7-10H2,1H3/t12-/m1/s1. The van der Waals surface area contributed by atoms with Crippen molar-refractivity contribution in [2.45, 2.75) is 19.2 Å². The van der Waals surface area contributed by atoms with Crippen molar-refractivity contribution in [1.82, 2.24) is 35.2 Å². The van der Waals surface area contributed by atoms with Crippen LogP contribution in [0.2, 0.25) is 0 Å². The topological polar surface area (TPSA) is 117 Å². The Hall–Kier alpha value is -2.63. The molecule has 4 heterocycles. The molecule has 1 atom stereocenters. The van der Waals surface area contributed by atoms with Crippen molar-refractivity contribution < 1.29 is 18.4 Å². The highest BCUT2D eigenvalue weighted by Gasteiger charge is 2.28. The van der Waals surface area contributed by atoms with Gasteiger partial charge in [-0.25, -0.2) is 4.68 Å². The molecule has 11 heteroatoms. The molecule has 138 valence electrons. The van der Waals surface area contributed by atoms with E-state index in [4.69, 9.17) is 18.4 Å².